The van der Waals surface area contributed by atoms with Crippen LogP contribution in [0.5, 0.6) is 0 Å². The first-order chi connectivity index (χ1) is 13.1. The van der Waals surface area contributed by atoms with Gasteiger partial charge in [0.15, 0.2) is 0 Å². The van der Waals surface area contributed by atoms with Gasteiger partial charge in [0.05, 0.1) is 12.4 Å². The normalized spacial score (nSPS) is 10.4. The molecule has 5 heteroatoms. The molecule has 0 aliphatic heterocycles. The average molecular weight is 360 g/mol. The molecular formula is C22H24N4O. The highest BCUT2D eigenvalue weighted by molar-refractivity contribution is 5.92. The highest BCUT2D eigenvalue weighted by Crippen LogP contribution is 2.20. The van der Waals surface area contributed by atoms with Crippen molar-refractivity contribution in [2.24, 2.45) is 0 Å². The lowest BCUT2D eigenvalue weighted by molar-refractivity contribution is 0.0948. The van der Waals surface area contributed by atoms with Crippen LogP contribution in [0.15, 0.2) is 60.9 Å². The fraction of sp³-hybridized carbons (Fsp3) is 0.227. The Kier molecular flexibility index (Phi) is 6.15. The number of amides is 1. The summed E-state index contributed by atoms with van der Waals surface area (Å²) in [5, 5.41) is 6.14. The van der Waals surface area contributed by atoms with E-state index >= 15 is 0 Å². The topological polar surface area (TPSA) is 66.9 Å². The van der Waals surface area contributed by atoms with E-state index in [-0.39, 0.29) is 5.91 Å². The Hall–Kier alpha value is -3.21. The quantitative estimate of drug-likeness (QED) is 0.620. The lowest BCUT2D eigenvalue weighted by Crippen LogP contribution is -2.25. The second-order valence-corrected chi connectivity index (χ2v) is 6.58. The van der Waals surface area contributed by atoms with Gasteiger partial charge in [0.2, 0.25) is 0 Å². The van der Waals surface area contributed by atoms with Gasteiger partial charge >= 0.3 is 0 Å². The third-order valence-electron chi connectivity index (χ3n) is 4.31. The van der Waals surface area contributed by atoms with E-state index in [0.717, 1.165) is 24.1 Å². The summed E-state index contributed by atoms with van der Waals surface area (Å²) < 4.78 is 0. The van der Waals surface area contributed by atoms with E-state index in [1.165, 1.54) is 17.3 Å². The lowest BCUT2D eigenvalue weighted by atomic mass is 10.1. The summed E-state index contributed by atoms with van der Waals surface area (Å²) in [5.74, 6) is 0.415. The molecule has 3 rings (SSSR count). The van der Waals surface area contributed by atoms with Gasteiger partial charge in [-0.25, -0.2) is 9.97 Å². The number of benzene rings is 2. The summed E-state index contributed by atoms with van der Waals surface area (Å²) in [5.41, 5.74) is 4.88. The van der Waals surface area contributed by atoms with Crippen LogP contribution in [0.1, 0.15) is 33.6 Å². The van der Waals surface area contributed by atoms with Gasteiger partial charge in [0.1, 0.15) is 11.5 Å². The monoisotopic (exact) mass is 360 g/mol. The van der Waals surface area contributed by atoms with Crippen molar-refractivity contribution < 1.29 is 4.79 Å². The number of carbonyl (C=O) groups excluding carboxylic acids is 1. The van der Waals surface area contributed by atoms with Gasteiger partial charge < -0.3 is 10.6 Å². The molecule has 0 unspecified atom stereocenters. The maximum Gasteiger partial charge on any atom is 0.271 e. The molecule has 0 aliphatic rings. The number of aromatic nitrogens is 2. The molecule has 3 aromatic rings. The van der Waals surface area contributed by atoms with Crippen molar-refractivity contribution in [3.63, 3.8) is 0 Å². The fourth-order valence-electron chi connectivity index (χ4n) is 2.75. The first-order valence-corrected chi connectivity index (χ1v) is 9.10. The van der Waals surface area contributed by atoms with Crippen LogP contribution in [0.2, 0.25) is 0 Å². The largest absolute Gasteiger partial charge is 0.351 e. The van der Waals surface area contributed by atoms with E-state index in [9.17, 15) is 4.79 Å². The van der Waals surface area contributed by atoms with E-state index in [1.807, 2.05) is 32.0 Å². The average Bonchev–Trinajstić information content (AvgIpc) is 2.69. The van der Waals surface area contributed by atoms with E-state index in [1.54, 1.807) is 6.20 Å². The third kappa shape index (κ3) is 5.38. The number of nitrogens with zero attached hydrogens (tertiary/aromatic N) is 2. The molecule has 0 atom stereocenters. The number of rotatable bonds is 7. The van der Waals surface area contributed by atoms with Crippen molar-refractivity contribution in [1.29, 1.82) is 0 Å². The van der Waals surface area contributed by atoms with Gasteiger partial charge in [-0.15, -0.1) is 0 Å². The Bertz CT molecular complexity index is 892. The molecule has 1 heterocycles. The minimum absolute atomic E-state index is 0.200. The van der Waals surface area contributed by atoms with Crippen LogP contribution in [0.4, 0.5) is 11.5 Å². The minimum atomic E-state index is -0.200. The lowest BCUT2D eigenvalue weighted by Gasteiger charge is -2.10. The van der Waals surface area contributed by atoms with Crippen molar-refractivity contribution >= 4 is 17.4 Å². The van der Waals surface area contributed by atoms with Crippen molar-refractivity contribution in [2.45, 2.75) is 26.7 Å². The number of nitrogens with one attached hydrogen (secondary N) is 2. The standard InChI is InChI=1S/C22H24N4O/c1-16-10-11-17(2)19(13-16)26-21-15-24-20(14-25-21)22(27)23-12-6-9-18-7-4-3-5-8-18/h3-5,7-8,10-11,13-15H,6,9,12H2,1-2H3,(H,23,27)(H,25,26). The Morgan fingerprint density at radius 1 is 1.00 bits per heavy atom. The van der Waals surface area contributed by atoms with Crippen LogP contribution in [0.3, 0.4) is 0 Å². The Morgan fingerprint density at radius 2 is 1.81 bits per heavy atom. The van der Waals surface area contributed by atoms with Gasteiger partial charge in [0.25, 0.3) is 5.91 Å². The molecule has 2 aromatic carbocycles. The van der Waals surface area contributed by atoms with Crippen LogP contribution < -0.4 is 10.6 Å². The van der Waals surface area contributed by atoms with Crippen LogP contribution in [0.25, 0.3) is 0 Å². The van der Waals surface area contributed by atoms with Gasteiger partial charge in [-0.3, -0.25) is 4.79 Å². The van der Waals surface area contributed by atoms with Crippen LogP contribution in [-0.4, -0.2) is 22.4 Å². The Labute approximate surface area is 159 Å². The second-order valence-electron chi connectivity index (χ2n) is 6.58. The maximum atomic E-state index is 12.2. The van der Waals surface area contributed by atoms with Crippen LogP contribution >= 0.6 is 0 Å². The third-order valence-corrected chi connectivity index (χ3v) is 4.31. The summed E-state index contributed by atoms with van der Waals surface area (Å²) in [6.45, 7) is 4.69. The maximum absolute atomic E-state index is 12.2. The molecule has 27 heavy (non-hydrogen) atoms. The fourth-order valence-corrected chi connectivity index (χ4v) is 2.75. The summed E-state index contributed by atoms with van der Waals surface area (Å²) in [6.07, 6.45) is 4.90. The molecule has 0 saturated carbocycles. The Balaban J connectivity index is 1.50. The highest BCUT2D eigenvalue weighted by Gasteiger charge is 2.08. The summed E-state index contributed by atoms with van der Waals surface area (Å²) in [4.78, 5) is 20.7. The molecule has 0 aliphatic carbocycles. The smallest absolute Gasteiger partial charge is 0.271 e. The first kappa shape index (κ1) is 18.6. The number of hydrogen-bond acceptors (Lipinski definition) is 4. The van der Waals surface area contributed by atoms with Crippen molar-refractivity contribution in [3.05, 3.63) is 83.3 Å². The van der Waals surface area contributed by atoms with Crippen LogP contribution in [-0.2, 0) is 6.42 Å². The van der Waals surface area contributed by atoms with Crippen molar-refractivity contribution in [1.82, 2.24) is 15.3 Å². The van der Waals surface area contributed by atoms with Gasteiger partial charge in [-0.05, 0) is 49.4 Å². The molecule has 0 radical (unpaired) electrons. The molecule has 2 N–H and O–H groups in total. The predicted octanol–water partition coefficient (Wildman–Crippen LogP) is 4.20. The molecule has 5 nitrogen and oxygen atoms in total. The molecule has 1 aromatic heterocycles. The molecule has 1 amide bonds. The van der Waals surface area contributed by atoms with Gasteiger partial charge in [-0.1, -0.05) is 42.5 Å². The van der Waals surface area contributed by atoms with Crippen molar-refractivity contribution in [3.8, 4) is 0 Å². The summed E-state index contributed by atoms with van der Waals surface area (Å²) >= 11 is 0. The number of carbonyl (C=O) groups is 1. The zero-order valence-corrected chi connectivity index (χ0v) is 15.7. The molecule has 0 fully saturated rings. The van der Waals surface area contributed by atoms with E-state index in [0.29, 0.717) is 18.1 Å². The molecule has 0 saturated heterocycles. The predicted molar refractivity (Wildman–Crippen MR) is 108 cm³/mol. The number of anilines is 2. The molecule has 0 bridgehead atoms. The second kappa shape index (κ2) is 8.94. The van der Waals surface area contributed by atoms with E-state index in [4.69, 9.17) is 0 Å². The SMILES string of the molecule is Cc1ccc(C)c(Nc2cnc(C(=O)NCCCc3ccccc3)cn2)c1. The summed E-state index contributed by atoms with van der Waals surface area (Å²) in [7, 11) is 0. The molecular weight excluding hydrogens is 336 g/mol. The van der Waals surface area contributed by atoms with Crippen molar-refractivity contribution in [2.75, 3.05) is 11.9 Å². The van der Waals surface area contributed by atoms with Gasteiger partial charge in [0, 0.05) is 12.2 Å². The highest BCUT2D eigenvalue weighted by atomic mass is 16.1. The molecule has 0 spiro atoms. The first-order valence-electron chi connectivity index (χ1n) is 9.10. The summed E-state index contributed by atoms with van der Waals surface area (Å²) in [6, 6.07) is 16.4. The zero-order chi connectivity index (χ0) is 19.1. The van der Waals surface area contributed by atoms with E-state index in [2.05, 4.69) is 50.9 Å². The number of hydrogen-bond donors (Lipinski definition) is 2. The zero-order valence-electron chi connectivity index (χ0n) is 15.7. The van der Waals surface area contributed by atoms with Gasteiger partial charge in [-0.2, -0.15) is 0 Å². The minimum Gasteiger partial charge on any atom is -0.351 e. The van der Waals surface area contributed by atoms with Crippen LogP contribution in [0, 0.1) is 13.8 Å². The van der Waals surface area contributed by atoms with E-state index < -0.39 is 0 Å². The molecule has 138 valence electrons. The Morgan fingerprint density at radius 3 is 2.56 bits per heavy atom. The number of aryl methyl sites for hydroxylation is 3.